The predicted molar refractivity (Wildman–Crippen MR) is 107 cm³/mol. The fourth-order valence-electron chi connectivity index (χ4n) is 2.54. The van der Waals surface area contributed by atoms with Crippen molar-refractivity contribution < 1.29 is 19.1 Å². The van der Waals surface area contributed by atoms with E-state index < -0.39 is 6.04 Å². The van der Waals surface area contributed by atoms with Crippen molar-refractivity contribution in [3.63, 3.8) is 0 Å². The number of halogens is 1. The Morgan fingerprint density at radius 3 is 2.33 bits per heavy atom. The van der Waals surface area contributed by atoms with E-state index >= 15 is 0 Å². The normalized spacial score (nSPS) is 11.4. The van der Waals surface area contributed by atoms with E-state index in [4.69, 9.17) is 9.47 Å². The molecule has 1 atom stereocenters. The van der Waals surface area contributed by atoms with Gasteiger partial charge in [-0.05, 0) is 36.8 Å². The Morgan fingerprint density at radius 1 is 1.11 bits per heavy atom. The van der Waals surface area contributed by atoms with Gasteiger partial charge in [0.1, 0.15) is 6.04 Å². The van der Waals surface area contributed by atoms with Crippen molar-refractivity contribution in [2.45, 2.75) is 19.5 Å². The lowest BCUT2D eigenvalue weighted by Crippen LogP contribution is -2.48. The van der Waals surface area contributed by atoms with Gasteiger partial charge in [0.25, 0.3) is 5.91 Å². The summed E-state index contributed by atoms with van der Waals surface area (Å²) in [6.45, 7) is 1.80. The summed E-state index contributed by atoms with van der Waals surface area (Å²) in [7, 11) is 3.09. The summed E-state index contributed by atoms with van der Waals surface area (Å²) in [4.78, 5) is 26.4. The van der Waals surface area contributed by atoms with Crippen LogP contribution in [0.5, 0.6) is 11.5 Å². The molecule has 0 bridgehead atoms. The van der Waals surface area contributed by atoms with E-state index in [-0.39, 0.29) is 18.4 Å². The number of hydrogen-bond acceptors (Lipinski definition) is 4. The van der Waals surface area contributed by atoms with Crippen molar-refractivity contribution >= 4 is 27.7 Å². The molecule has 0 aliphatic heterocycles. The van der Waals surface area contributed by atoms with Gasteiger partial charge in [-0.15, -0.1) is 0 Å². The van der Waals surface area contributed by atoms with Crippen molar-refractivity contribution in [2.75, 3.05) is 20.8 Å². The smallest absolute Gasteiger partial charge is 0.261 e. The number of amides is 2. The minimum absolute atomic E-state index is 0.196. The van der Waals surface area contributed by atoms with Crippen LogP contribution in [-0.4, -0.2) is 43.5 Å². The first kappa shape index (κ1) is 20.8. The lowest BCUT2D eigenvalue weighted by atomic mass is 10.1. The number of rotatable bonds is 8. The highest BCUT2D eigenvalue weighted by atomic mass is 79.9. The maximum atomic E-state index is 12.8. The van der Waals surface area contributed by atoms with Crippen LogP contribution in [0.3, 0.4) is 0 Å². The molecule has 2 rings (SSSR count). The molecule has 0 aliphatic carbocycles. The molecule has 0 aliphatic rings. The van der Waals surface area contributed by atoms with Crippen LogP contribution in [0.15, 0.2) is 53.0 Å². The number of hydrogen-bond donors (Lipinski definition) is 1. The summed E-state index contributed by atoms with van der Waals surface area (Å²) in [5.41, 5.74) is 0.916. The van der Waals surface area contributed by atoms with Crippen LogP contribution in [0.4, 0.5) is 0 Å². The molecule has 7 heteroatoms. The zero-order valence-electron chi connectivity index (χ0n) is 15.6. The summed E-state index contributed by atoms with van der Waals surface area (Å²) in [6.07, 6.45) is 0. The predicted octanol–water partition coefficient (Wildman–Crippen LogP) is 3.00. The SMILES string of the molecule is CNC(=O)[C@H](C)N(Cc1ccc(Br)cc1)C(=O)COc1ccccc1OC. The van der Waals surface area contributed by atoms with E-state index in [1.165, 1.54) is 12.0 Å². The van der Waals surface area contributed by atoms with Crippen molar-refractivity contribution in [2.24, 2.45) is 0 Å². The number of carbonyl (C=O) groups is 2. The summed E-state index contributed by atoms with van der Waals surface area (Å²) in [5, 5.41) is 2.59. The van der Waals surface area contributed by atoms with Crippen LogP contribution in [0, 0.1) is 0 Å². The van der Waals surface area contributed by atoms with Gasteiger partial charge < -0.3 is 19.7 Å². The van der Waals surface area contributed by atoms with Crippen molar-refractivity contribution in [3.8, 4) is 11.5 Å². The molecule has 0 radical (unpaired) electrons. The molecule has 2 aromatic rings. The number of likely N-dealkylation sites (N-methyl/N-ethyl adjacent to an activating group) is 1. The quantitative estimate of drug-likeness (QED) is 0.693. The molecule has 2 aromatic carbocycles. The molecule has 0 spiro atoms. The average Bonchev–Trinajstić information content (AvgIpc) is 2.70. The Bertz CT molecular complexity index is 780. The molecule has 0 saturated heterocycles. The first-order valence-corrected chi connectivity index (χ1v) is 9.27. The van der Waals surface area contributed by atoms with E-state index in [1.54, 1.807) is 32.2 Å². The Balaban J connectivity index is 2.14. The van der Waals surface area contributed by atoms with Gasteiger partial charge in [0, 0.05) is 18.1 Å². The summed E-state index contributed by atoms with van der Waals surface area (Å²) >= 11 is 3.39. The zero-order chi connectivity index (χ0) is 19.8. The average molecular weight is 435 g/mol. The second-order valence-corrected chi connectivity index (χ2v) is 6.79. The third-order valence-electron chi connectivity index (χ3n) is 4.10. The Labute approximate surface area is 167 Å². The van der Waals surface area contributed by atoms with Gasteiger partial charge in [-0.2, -0.15) is 0 Å². The van der Waals surface area contributed by atoms with Gasteiger partial charge >= 0.3 is 0 Å². The largest absolute Gasteiger partial charge is 0.493 e. The van der Waals surface area contributed by atoms with Gasteiger partial charge in [-0.25, -0.2) is 0 Å². The molecule has 6 nitrogen and oxygen atoms in total. The second kappa shape index (κ2) is 9.97. The minimum atomic E-state index is -0.632. The first-order chi connectivity index (χ1) is 13.0. The number of para-hydroxylation sites is 2. The van der Waals surface area contributed by atoms with E-state index in [0.29, 0.717) is 18.0 Å². The third kappa shape index (κ3) is 5.72. The number of benzene rings is 2. The maximum Gasteiger partial charge on any atom is 0.261 e. The van der Waals surface area contributed by atoms with Crippen molar-refractivity contribution in [3.05, 3.63) is 58.6 Å². The molecular weight excluding hydrogens is 412 g/mol. The molecule has 144 valence electrons. The molecule has 0 fully saturated rings. The Morgan fingerprint density at radius 2 is 1.74 bits per heavy atom. The summed E-state index contributed by atoms with van der Waals surface area (Å²) < 4.78 is 11.8. The maximum absolute atomic E-state index is 12.8. The first-order valence-electron chi connectivity index (χ1n) is 8.47. The molecular formula is C20H23BrN2O4. The Kier molecular flexibility index (Phi) is 7.67. The lowest BCUT2D eigenvalue weighted by Gasteiger charge is -2.28. The van der Waals surface area contributed by atoms with Gasteiger partial charge in [-0.1, -0.05) is 40.2 Å². The van der Waals surface area contributed by atoms with Gasteiger partial charge in [0.2, 0.25) is 5.91 Å². The van der Waals surface area contributed by atoms with Gasteiger partial charge in [0.15, 0.2) is 18.1 Å². The van der Waals surface area contributed by atoms with Gasteiger partial charge in [0.05, 0.1) is 7.11 Å². The van der Waals surface area contributed by atoms with Crippen LogP contribution in [0.2, 0.25) is 0 Å². The number of nitrogens with one attached hydrogen (secondary N) is 1. The molecule has 2 amide bonds. The van der Waals surface area contributed by atoms with Crippen LogP contribution in [0.1, 0.15) is 12.5 Å². The molecule has 0 saturated carbocycles. The molecule has 0 heterocycles. The number of carbonyl (C=O) groups excluding carboxylic acids is 2. The van der Waals surface area contributed by atoms with Crippen LogP contribution < -0.4 is 14.8 Å². The van der Waals surface area contributed by atoms with Gasteiger partial charge in [-0.3, -0.25) is 9.59 Å². The molecule has 0 unspecified atom stereocenters. The molecule has 0 aromatic heterocycles. The van der Waals surface area contributed by atoms with E-state index in [2.05, 4.69) is 21.2 Å². The van der Waals surface area contributed by atoms with Crippen LogP contribution in [-0.2, 0) is 16.1 Å². The minimum Gasteiger partial charge on any atom is -0.493 e. The standard InChI is InChI=1S/C20H23BrN2O4/c1-14(20(25)22-2)23(12-15-8-10-16(21)11-9-15)19(24)13-27-18-7-5-4-6-17(18)26-3/h4-11,14H,12-13H2,1-3H3,(H,22,25)/t14-/m0/s1. The highest BCUT2D eigenvalue weighted by Crippen LogP contribution is 2.25. The van der Waals surface area contributed by atoms with E-state index in [0.717, 1.165) is 10.0 Å². The van der Waals surface area contributed by atoms with E-state index in [1.807, 2.05) is 30.3 Å². The Hall–Kier alpha value is -2.54. The van der Waals surface area contributed by atoms with Crippen molar-refractivity contribution in [1.82, 2.24) is 10.2 Å². The highest BCUT2D eigenvalue weighted by molar-refractivity contribution is 9.10. The number of ether oxygens (including phenoxy) is 2. The number of methoxy groups -OCH3 is 1. The second-order valence-electron chi connectivity index (χ2n) is 5.88. The van der Waals surface area contributed by atoms with E-state index in [9.17, 15) is 9.59 Å². The van der Waals surface area contributed by atoms with Crippen molar-refractivity contribution in [1.29, 1.82) is 0 Å². The zero-order valence-corrected chi connectivity index (χ0v) is 17.2. The summed E-state index contributed by atoms with van der Waals surface area (Å²) in [5.74, 6) is 0.492. The van der Waals surface area contributed by atoms with Crippen LogP contribution in [0.25, 0.3) is 0 Å². The third-order valence-corrected chi connectivity index (χ3v) is 4.63. The highest BCUT2D eigenvalue weighted by Gasteiger charge is 2.26. The van der Waals surface area contributed by atoms with Crippen LogP contribution >= 0.6 is 15.9 Å². The molecule has 1 N–H and O–H groups in total. The fourth-order valence-corrected chi connectivity index (χ4v) is 2.80. The lowest BCUT2D eigenvalue weighted by molar-refractivity contribution is -0.142. The fraction of sp³-hybridized carbons (Fsp3) is 0.300. The summed E-state index contributed by atoms with van der Waals surface area (Å²) in [6, 6.07) is 14.1. The number of nitrogens with zero attached hydrogens (tertiary/aromatic N) is 1. The topological polar surface area (TPSA) is 67.9 Å². The molecule has 27 heavy (non-hydrogen) atoms. The monoisotopic (exact) mass is 434 g/mol.